The van der Waals surface area contributed by atoms with Gasteiger partial charge in [-0.05, 0) is 27.4 Å². The van der Waals surface area contributed by atoms with Crippen LogP contribution in [0.4, 0.5) is 0 Å². The molecule has 2 unspecified atom stereocenters. The summed E-state index contributed by atoms with van der Waals surface area (Å²) in [6, 6.07) is -0.618. The van der Waals surface area contributed by atoms with Gasteiger partial charge < -0.3 is 10.8 Å². The Hall–Kier alpha value is -0.610. The molecule has 0 saturated carbocycles. The molecule has 0 aliphatic heterocycles. The summed E-state index contributed by atoms with van der Waals surface area (Å²) in [5.41, 5.74) is 5.29. The van der Waals surface area contributed by atoms with E-state index < -0.39 is 17.6 Å². The minimum Gasteiger partial charge on any atom is -0.480 e. The van der Waals surface area contributed by atoms with Crippen LogP contribution >= 0.6 is 0 Å². The van der Waals surface area contributed by atoms with Crippen molar-refractivity contribution in [2.45, 2.75) is 38.3 Å². The van der Waals surface area contributed by atoms with Gasteiger partial charge in [-0.1, -0.05) is 13.3 Å². The van der Waals surface area contributed by atoms with Crippen LogP contribution in [0, 0.1) is 0 Å². The van der Waals surface area contributed by atoms with Crippen molar-refractivity contribution in [3.63, 3.8) is 0 Å². The standard InChI is InChI=1S/C9H20N2O2/c1-5-6-9(2,10)7(8(12)13)11(3)4/h7H,5-6,10H2,1-4H3,(H,12,13). The maximum absolute atomic E-state index is 10.9. The minimum absolute atomic E-state index is 0.618. The first-order chi connectivity index (χ1) is 5.83. The number of carbonyl (C=O) groups is 1. The third-order valence-electron chi connectivity index (χ3n) is 2.16. The molecule has 4 nitrogen and oxygen atoms in total. The molecule has 0 aromatic rings. The van der Waals surface area contributed by atoms with Crippen LogP contribution in [0.15, 0.2) is 0 Å². The van der Waals surface area contributed by atoms with Crippen molar-refractivity contribution in [2.24, 2.45) is 5.73 Å². The molecule has 4 heteroatoms. The Morgan fingerprint density at radius 3 is 2.31 bits per heavy atom. The van der Waals surface area contributed by atoms with E-state index in [-0.39, 0.29) is 0 Å². The van der Waals surface area contributed by atoms with Crippen molar-refractivity contribution >= 4 is 5.97 Å². The molecule has 0 aromatic heterocycles. The molecule has 2 atom stereocenters. The van der Waals surface area contributed by atoms with Gasteiger partial charge >= 0.3 is 5.97 Å². The number of nitrogens with zero attached hydrogens (tertiary/aromatic N) is 1. The van der Waals surface area contributed by atoms with Crippen molar-refractivity contribution in [3.8, 4) is 0 Å². The van der Waals surface area contributed by atoms with Gasteiger partial charge in [0.1, 0.15) is 6.04 Å². The fourth-order valence-corrected chi connectivity index (χ4v) is 1.77. The Bertz CT molecular complexity index is 178. The first-order valence-corrected chi connectivity index (χ1v) is 4.51. The lowest BCUT2D eigenvalue weighted by Gasteiger charge is -2.35. The van der Waals surface area contributed by atoms with Crippen LogP contribution in [0.1, 0.15) is 26.7 Å². The number of hydrogen-bond donors (Lipinski definition) is 2. The van der Waals surface area contributed by atoms with E-state index in [9.17, 15) is 4.79 Å². The Balaban J connectivity index is 4.62. The molecule has 0 spiro atoms. The zero-order chi connectivity index (χ0) is 10.6. The summed E-state index contributed by atoms with van der Waals surface area (Å²) in [6.07, 6.45) is 1.60. The molecule has 0 amide bonds. The van der Waals surface area contributed by atoms with Gasteiger partial charge in [0.05, 0.1) is 0 Å². The van der Waals surface area contributed by atoms with Gasteiger partial charge in [0.15, 0.2) is 0 Å². The van der Waals surface area contributed by atoms with Crippen molar-refractivity contribution in [1.29, 1.82) is 0 Å². The summed E-state index contributed by atoms with van der Waals surface area (Å²) in [5.74, 6) is -0.858. The lowest BCUT2D eigenvalue weighted by molar-refractivity contribution is -0.144. The quantitative estimate of drug-likeness (QED) is 0.660. The van der Waals surface area contributed by atoms with Crippen molar-refractivity contribution in [3.05, 3.63) is 0 Å². The van der Waals surface area contributed by atoms with Crippen LogP contribution in [0.3, 0.4) is 0 Å². The first kappa shape index (κ1) is 12.4. The normalized spacial score (nSPS) is 18.3. The molecule has 0 saturated heterocycles. The maximum atomic E-state index is 10.9. The van der Waals surface area contributed by atoms with Crippen molar-refractivity contribution < 1.29 is 9.90 Å². The molecule has 0 bridgehead atoms. The minimum atomic E-state index is -0.858. The molecular weight excluding hydrogens is 168 g/mol. The Kier molecular flexibility index (Phi) is 4.36. The third kappa shape index (κ3) is 3.32. The Morgan fingerprint density at radius 2 is 2.08 bits per heavy atom. The topological polar surface area (TPSA) is 66.6 Å². The van der Waals surface area contributed by atoms with E-state index in [4.69, 9.17) is 10.8 Å². The second-order valence-electron chi connectivity index (χ2n) is 3.96. The van der Waals surface area contributed by atoms with Gasteiger partial charge in [-0.15, -0.1) is 0 Å². The molecule has 0 heterocycles. The summed E-state index contributed by atoms with van der Waals surface area (Å²) in [6.45, 7) is 3.79. The lowest BCUT2D eigenvalue weighted by Crippen LogP contribution is -2.58. The highest BCUT2D eigenvalue weighted by molar-refractivity contribution is 5.75. The van der Waals surface area contributed by atoms with E-state index in [1.54, 1.807) is 25.9 Å². The fraction of sp³-hybridized carbons (Fsp3) is 0.889. The zero-order valence-electron chi connectivity index (χ0n) is 8.87. The van der Waals surface area contributed by atoms with E-state index >= 15 is 0 Å². The molecule has 0 radical (unpaired) electrons. The molecule has 0 aliphatic carbocycles. The van der Waals surface area contributed by atoms with E-state index in [1.807, 2.05) is 6.92 Å². The van der Waals surface area contributed by atoms with Crippen LogP contribution in [0.25, 0.3) is 0 Å². The number of carboxylic acids is 1. The highest BCUT2D eigenvalue weighted by Crippen LogP contribution is 2.17. The molecule has 0 aromatic carbocycles. The van der Waals surface area contributed by atoms with Gasteiger partial charge in [0.25, 0.3) is 0 Å². The first-order valence-electron chi connectivity index (χ1n) is 4.51. The van der Waals surface area contributed by atoms with Crippen LogP contribution in [0.5, 0.6) is 0 Å². The predicted molar refractivity (Wildman–Crippen MR) is 52.6 cm³/mol. The largest absolute Gasteiger partial charge is 0.480 e. The van der Waals surface area contributed by atoms with E-state index in [0.717, 1.165) is 6.42 Å². The number of likely N-dealkylation sites (N-methyl/N-ethyl adjacent to an activating group) is 1. The van der Waals surface area contributed by atoms with Gasteiger partial charge in [-0.2, -0.15) is 0 Å². The fourth-order valence-electron chi connectivity index (χ4n) is 1.77. The van der Waals surface area contributed by atoms with Crippen LogP contribution in [-0.2, 0) is 4.79 Å². The highest BCUT2D eigenvalue weighted by Gasteiger charge is 2.36. The summed E-state index contributed by atoms with van der Waals surface area (Å²) >= 11 is 0. The molecule has 0 fully saturated rings. The maximum Gasteiger partial charge on any atom is 0.322 e. The number of rotatable bonds is 5. The number of carboxylic acid groups (broad SMARTS) is 1. The molecule has 3 N–H and O–H groups in total. The summed E-state index contributed by atoms with van der Waals surface area (Å²) in [7, 11) is 3.47. The van der Waals surface area contributed by atoms with Crippen molar-refractivity contribution in [1.82, 2.24) is 4.90 Å². The van der Waals surface area contributed by atoms with Crippen LogP contribution in [0.2, 0.25) is 0 Å². The molecule has 0 aliphatic rings. The average molecular weight is 188 g/mol. The SMILES string of the molecule is CCCC(C)(N)C(C(=O)O)N(C)C. The Labute approximate surface area is 79.7 Å². The second-order valence-corrected chi connectivity index (χ2v) is 3.96. The van der Waals surface area contributed by atoms with Crippen LogP contribution in [-0.4, -0.2) is 41.7 Å². The zero-order valence-corrected chi connectivity index (χ0v) is 8.87. The van der Waals surface area contributed by atoms with Gasteiger partial charge in [-0.3, -0.25) is 9.69 Å². The number of nitrogens with two attached hydrogens (primary N) is 1. The van der Waals surface area contributed by atoms with Gasteiger partial charge in [-0.25, -0.2) is 0 Å². The molecule has 0 rings (SSSR count). The smallest absolute Gasteiger partial charge is 0.322 e. The van der Waals surface area contributed by atoms with Crippen molar-refractivity contribution in [2.75, 3.05) is 14.1 Å². The second kappa shape index (κ2) is 4.58. The summed E-state index contributed by atoms with van der Waals surface area (Å²) in [5, 5.41) is 8.98. The van der Waals surface area contributed by atoms with Gasteiger partial charge in [0, 0.05) is 5.54 Å². The van der Waals surface area contributed by atoms with E-state index in [1.165, 1.54) is 0 Å². The summed E-state index contributed by atoms with van der Waals surface area (Å²) < 4.78 is 0. The molecular formula is C9H20N2O2. The van der Waals surface area contributed by atoms with E-state index in [0.29, 0.717) is 6.42 Å². The highest BCUT2D eigenvalue weighted by atomic mass is 16.4. The number of hydrogen-bond acceptors (Lipinski definition) is 3. The van der Waals surface area contributed by atoms with E-state index in [2.05, 4.69) is 0 Å². The Morgan fingerprint density at radius 1 is 1.62 bits per heavy atom. The van der Waals surface area contributed by atoms with Crippen LogP contribution < -0.4 is 5.73 Å². The average Bonchev–Trinajstić information content (AvgIpc) is 1.82. The monoisotopic (exact) mass is 188 g/mol. The van der Waals surface area contributed by atoms with Gasteiger partial charge in [0.2, 0.25) is 0 Å². The molecule has 13 heavy (non-hydrogen) atoms. The number of aliphatic carboxylic acids is 1. The lowest BCUT2D eigenvalue weighted by atomic mass is 9.88. The summed E-state index contributed by atoms with van der Waals surface area (Å²) in [4.78, 5) is 12.6. The predicted octanol–water partition coefficient (Wildman–Crippen LogP) is 0.519. The third-order valence-corrected chi connectivity index (χ3v) is 2.16. The molecule has 78 valence electrons.